The summed E-state index contributed by atoms with van der Waals surface area (Å²) in [6.07, 6.45) is 1.64. The zero-order valence-corrected chi connectivity index (χ0v) is 15.3. The summed E-state index contributed by atoms with van der Waals surface area (Å²) in [5.41, 5.74) is 1.44. The van der Waals surface area contributed by atoms with Crippen LogP contribution in [0.5, 0.6) is 0 Å². The molecule has 2 aromatic carbocycles. The van der Waals surface area contributed by atoms with Crippen molar-refractivity contribution in [2.45, 2.75) is 0 Å². The molecule has 1 aromatic heterocycles. The van der Waals surface area contributed by atoms with Crippen molar-refractivity contribution in [2.75, 3.05) is 41.3 Å². The minimum absolute atomic E-state index is 0.192. The largest absolute Gasteiger partial charge is 0.366 e. The Hall–Kier alpha value is -2.93. The smallest absolute Gasteiger partial charge is 0.249 e. The SMILES string of the molecule is Fc1ccccc1N1CCN(c2cnnc(Nc3cccc(Cl)c3)n2)CC1. The first-order valence-electron chi connectivity index (χ1n) is 8.66. The van der Waals surface area contributed by atoms with Crippen molar-refractivity contribution in [1.82, 2.24) is 15.2 Å². The van der Waals surface area contributed by atoms with Crippen LogP contribution in [0.15, 0.2) is 54.7 Å². The number of anilines is 4. The molecule has 1 fully saturated rings. The number of piperazine rings is 1. The molecule has 4 rings (SSSR count). The van der Waals surface area contributed by atoms with Crippen molar-refractivity contribution in [2.24, 2.45) is 0 Å². The number of halogens is 2. The molecular weight excluding hydrogens is 367 g/mol. The third kappa shape index (κ3) is 4.09. The van der Waals surface area contributed by atoms with Crippen molar-refractivity contribution < 1.29 is 4.39 Å². The summed E-state index contributed by atoms with van der Waals surface area (Å²) >= 11 is 6.00. The van der Waals surface area contributed by atoms with Crippen molar-refractivity contribution in [1.29, 1.82) is 0 Å². The van der Waals surface area contributed by atoms with E-state index in [-0.39, 0.29) is 5.82 Å². The predicted molar refractivity (Wildman–Crippen MR) is 105 cm³/mol. The summed E-state index contributed by atoms with van der Waals surface area (Å²) in [4.78, 5) is 8.71. The van der Waals surface area contributed by atoms with Gasteiger partial charge >= 0.3 is 0 Å². The van der Waals surface area contributed by atoms with Crippen molar-refractivity contribution in [3.8, 4) is 0 Å². The summed E-state index contributed by atoms with van der Waals surface area (Å²) in [6, 6.07) is 14.2. The van der Waals surface area contributed by atoms with E-state index in [9.17, 15) is 4.39 Å². The van der Waals surface area contributed by atoms with Crippen LogP contribution in [-0.4, -0.2) is 41.4 Å². The molecule has 0 spiro atoms. The van der Waals surface area contributed by atoms with Gasteiger partial charge in [0.25, 0.3) is 0 Å². The van der Waals surface area contributed by atoms with Gasteiger partial charge in [-0.2, -0.15) is 10.1 Å². The Bertz CT molecular complexity index is 929. The Morgan fingerprint density at radius 1 is 0.963 bits per heavy atom. The molecule has 27 heavy (non-hydrogen) atoms. The fourth-order valence-corrected chi connectivity index (χ4v) is 3.27. The van der Waals surface area contributed by atoms with Crippen LogP contribution in [0, 0.1) is 5.82 Å². The summed E-state index contributed by atoms with van der Waals surface area (Å²) in [6.45, 7) is 2.87. The molecule has 0 bridgehead atoms. The normalized spacial score (nSPS) is 14.3. The first kappa shape index (κ1) is 17.5. The van der Waals surface area contributed by atoms with E-state index in [1.165, 1.54) is 6.07 Å². The molecule has 0 radical (unpaired) electrons. The Labute approximate surface area is 161 Å². The molecule has 6 nitrogen and oxygen atoms in total. The molecule has 138 valence electrons. The van der Waals surface area contributed by atoms with Crippen LogP contribution in [0.1, 0.15) is 0 Å². The van der Waals surface area contributed by atoms with E-state index in [0.29, 0.717) is 29.7 Å². The van der Waals surface area contributed by atoms with Gasteiger partial charge in [0.2, 0.25) is 5.95 Å². The fourth-order valence-electron chi connectivity index (χ4n) is 3.08. The van der Waals surface area contributed by atoms with Gasteiger partial charge in [0, 0.05) is 36.9 Å². The molecule has 1 aliphatic heterocycles. The van der Waals surface area contributed by atoms with Gasteiger partial charge in [-0.25, -0.2) is 4.39 Å². The number of hydrogen-bond acceptors (Lipinski definition) is 6. The molecule has 1 aliphatic rings. The first-order chi connectivity index (χ1) is 13.2. The maximum Gasteiger partial charge on any atom is 0.249 e. The average molecular weight is 385 g/mol. The molecule has 2 heterocycles. The third-order valence-electron chi connectivity index (χ3n) is 4.42. The first-order valence-corrected chi connectivity index (χ1v) is 9.03. The maximum absolute atomic E-state index is 14.0. The second-order valence-electron chi connectivity index (χ2n) is 6.20. The highest BCUT2D eigenvalue weighted by atomic mass is 35.5. The number of aromatic nitrogens is 3. The lowest BCUT2D eigenvalue weighted by Crippen LogP contribution is -2.47. The highest BCUT2D eigenvalue weighted by Crippen LogP contribution is 2.23. The lowest BCUT2D eigenvalue weighted by molar-refractivity contribution is 0.595. The second-order valence-corrected chi connectivity index (χ2v) is 6.64. The van der Waals surface area contributed by atoms with Gasteiger partial charge in [-0.05, 0) is 30.3 Å². The van der Waals surface area contributed by atoms with Gasteiger partial charge in [0.15, 0.2) is 5.82 Å². The summed E-state index contributed by atoms with van der Waals surface area (Å²) in [5.74, 6) is 0.955. The van der Waals surface area contributed by atoms with E-state index < -0.39 is 0 Å². The highest BCUT2D eigenvalue weighted by Gasteiger charge is 2.20. The third-order valence-corrected chi connectivity index (χ3v) is 4.66. The van der Waals surface area contributed by atoms with Crippen LogP contribution in [0.4, 0.5) is 27.5 Å². The summed E-state index contributed by atoms with van der Waals surface area (Å²) < 4.78 is 14.0. The maximum atomic E-state index is 14.0. The molecule has 0 saturated carbocycles. The molecule has 0 aliphatic carbocycles. The van der Waals surface area contributed by atoms with Crippen molar-refractivity contribution in [3.63, 3.8) is 0 Å². The van der Waals surface area contributed by atoms with E-state index in [2.05, 4.69) is 25.4 Å². The van der Waals surface area contributed by atoms with Gasteiger partial charge < -0.3 is 15.1 Å². The molecule has 0 unspecified atom stereocenters. The van der Waals surface area contributed by atoms with Gasteiger partial charge in [-0.3, -0.25) is 0 Å². The summed E-state index contributed by atoms with van der Waals surface area (Å²) in [7, 11) is 0. The summed E-state index contributed by atoms with van der Waals surface area (Å²) in [5, 5.41) is 11.8. The number of nitrogens with one attached hydrogen (secondary N) is 1. The number of nitrogens with zero attached hydrogens (tertiary/aromatic N) is 5. The molecule has 1 saturated heterocycles. The Morgan fingerprint density at radius 2 is 1.74 bits per heavy atom. The quantitative estimate of drug-likeness (QED) is 0.739. The zero-order valence-electron chi connectivity index (χ0n) is 14.5. The molecule has 3 aromatic rings. The number of para-hydroxylation sites is 1. The van der Waals surface area contributed by atoms with E-state index in [4.69, 9.17) is 11.6 Å². The minimum Gasteiger partial charge on any atom is -0.366 e. The second kappa shape index (κ2) is 7.75. The van der Waals surface area contributed by atoms with Crippen LogP contribution >= 0.6 is 11.6 Å². The monoisotopic (exact) mass is 384 g/mol. The standard InChI is InChI=1S/C19H18ClFN6/c20-14-4-3-5-15(12-14)23-19-24-18(13-22-25-19)27-10-8-26(9-11-27)17-7-2-1-6-16(17)21/h1-7,12-13H,8-11H2,(H,23,24,25). The van der Waals surface area contributed by atoms with Crippen molar-refractivity contribution >= 4 is 34.7 Å². The lowest BCUT2D eigenvalue weighted by atomic mass is 10.2. The molecule has 1 N–H and O–H groups in total. The van der Waals surface area contributed by atoms with Crippen LogP contribution < -0.4 is 15.1 Å². The number of benzene rings is 2. The minimum atomic E-state index is -0.192. The van der Waals surface area contributed by atoms with E-state index in [1.807, 2.05) is 29.2 Å². The van der Waals surface area contributed by atoms with Gasteiger partial charge in [0.05, 0.1) is 11.9 Å². The van der Waals surface area contributed by atoms with Gasteiger partial charge in [-0.1, -0.05) is 29.8 Å². The van der Waals surface area contributed by atoms with Crippen LogP contribution in [0.25, 0.3) is 0 Å². The van der Waals surface area contributed by atoms with E-state index >= 15 is 0 Å². The number of rotatable bonds is 4. The lowest BCUT2D eigenvalue weighted by Gasteiger charge is -2.36. The average Bonchev–Trinajstić information content (AvgIpc) is 2.69. The van der Waals surface area contributed by atoms with Crippen molar-refractivity contribution in [3.05, 3.63) is 65.6 Å². The Kier molecular flexibility index (Phi) is 5.02. The van der Waals surface area contributed by atoms with Gasteiger partial charge in [-0.15, -0.1) is 5.10 Å². The molecular formula is C19H18ClFN6. The molecule has 0 amide bonds. The predicted octanol–water partition coefficient (Wildman–Crippen LogP) is 3.73. The van der Waals surface area contributed by atoms with E-state index in [1.54, 1.807) is 24.4 Å². The van der Waals surface area contributed by atoms with Crippen LogP contribution in [0.3, 0.4) is 0 Å². The van der Waals surface area contributed by atoms with Gasteiger partial charge in [0.1, 0.15) is 5.82 Å². The molecule has 0 atom stereocenters. The topological polar surface area (TPSA) is 57.2 Å². The molecule has 8 heteroatoms. The Balaban J connectivity index is 1.43. The van der Waals surface area contributed by atoms with Crippen LogP contribution in [0.2, 0.25) is 5.02 Å². The number of hydrogen-bond donors (Lipinski definition) is 1. The zero-order chi connectivity index (χ0) is 18.6. The fraction of sp³-hybridized carbons (Fsp3) is 0.211. The highest BCUT2D eigenvalue weighted by molar-refractivity contribution is 6.30. The Morgan fingerprint density at radius 3 is 2.52 bits per heavy atom. The van der Waals surface area contributed by atoms with E-state index in [0.717, 1.165) is 24.6 Å². The van der Waals surface area contributed by atoms with Crippen LogP contribution in [-0.2, 0) is 0 Å².